The maximum atomic E-state index is 12.6. The van der Waals surface area contributed by atoms with Crippen LogP contribution in [0.5, 0.6) is 5.75 Å². The molecule has 0 radical (unpaired) electrons. The van der Waals surface area contributed by atoms with Gasteiger partial charge in [0.15, 0.2) is 10.9 Å². The molecule has 0 fully saturated rings. The number of hydrogen-bond donors (Lipinski definition) is 1. The van der Waals surface area contributed by atoms with E-state index in [-0.39, 0.29) is 10.7 Å². The van der Waals surface area contributed by atoms with Crippen LogP contribution in [0.1, 0.15) is 21.6 Å². The number of nitrogens with one attached hydrogen (secondary N) is 1. The van der Waals surface area contributed by atoms with Crippen molar-refractivity contribution in [1.82, 2.24) is 9.97 Å². The van der Waals surface area contributed by atoms with Gasteiger partial charge in [-0.05, 0) is 24.6 Å². The van der Waals surface area contributed by atoms with E-state index in [0.717, 1.165) is 0 Å². The number of para-hydroxylation sites is 2. The minimum atomic E-state index is -0.413. The zero-order valence-corrected chi connectivity index (χ0v) is 16.5. The molecular weight excluding hydrogens is 382 g/mol. The molecule has 1 heterocycles. The third-order valence-corrected chi connectivity index (χ3v) is 4.95. The lowest BCUT2D eigenvalue weighted by Crippen LogP contribution is -2.15. The molecule has 27 heavy (non-hydrogen) atoms. The summed E-state index contributed by atoms with van der Waals surface area (Å²) < 4.78 is 5.25. The Balaban J connectivity index is 1.75. The number of thioether (sulfide) groups is 1. The summed E-state index contributed by atoms with van der Waals surface area (Å²) in [5.41, 5.74) is 3.04. The number of aromatic nitrogens is 2. The van der Waals surface area contributed by atoms with Crippen LogP contribution in [0.15, 0.2) is 59.9 Å². The van der Waals surface area contributed by atoms with Crippen LogP contribution in [0.25, 0.3) is 0 Å². The number of nitrogens with zero attached hydrogens (tertiary/aromatic N) is 2. The van der Waals surface area contributed by atoms with Crippen LogP contribution >= 0.6 is 23.4 Å². The van der Waals surface area contributed by atoms with Crippen molar-refractivity contribution in [2.75, 3.05) is 12.4 Å². The number of benzene rings is 2. The number of amides is 1. The average Bonchev–Trinajstić information content (AvgIpc) is 2.67. The number of methoxy groups -OCH3 is 1. The largest absolute Gasteiger partial charge is 0.495 e. The molecule has 5 nitrogen and oxygen atoms in total. The summed E-state index contributed by atoms with van der Waals surface area (Å²) in [6.45, 7) is 2.05. The van der Waals surface area contributed by atoms with Gasteiger partial charge in [-0.3, -0.25) is 4.79 Å². The van der Waals surface area contributed by atoms with Crippen molar-refractivity contribution in [3.63, 3.8) is 0 Å². The summed E-state index contributed by atoms with van der Waals surface area (Å²) in [6, 6.07) is 15.4. The predicted octanol–water partition coefficient (Wildman–Crippen LogP) is 4.99. The first-order valence-corrected chi connectivity index (χ1v) is 9.58. The third kappa shape index (κ3) is 4.99. The van der Waals surface area contributed by atoms with Crippen LogP contribution < -0.4 is 10.1 Å². The van der Waals surface area contributed by atoms with Crippen LogP contribution in [0.4, 0.5) is 5.69 Å². The molecule has 0 bridgehead atoms. The fourth-order valence-corrected chi connectivity index (χ4v) is 3.39. The highest BCUT2D eigenvalue weighted by atomic mass is 35.5. The normalized spacial score (nSPS) is 10.5. The molecule has 1 N–H and O–H groups in total. The average molecular weight is 400 g/mol. The number of carbonyl (C=O) groups excluding carboxylic acids is 1. The Kier molecular flexibility index (Phi) is 6.32. The Bertz CT molecular complexity index is 965. The second kappa shape index (κ2) is 8.88. The van der Waals surface area contributed by atoms with E-state index in [2.05, 4.69) is 21.4 Å². The minimum Gasteiger partial charge on any atom is -0.495 e. The van der Waals surface area contributed by atoms with Crippen molar-refractivity contribution >= 4 is 35.0 Å². The molecule has 1 amide bonds. The lowest BCUT2D eigenvalue weighted by Gasteiger charge is -2.10. The molecule has 0 spiro atoms. The first-order valence-electron chi connectivity index (χ1n) is 8.22. The van der Waals surface area contributed by atoms with Crippen LogP contribution in [0.3, 0.4) is 0 Å². The van der Waals surface area contributed by atoms with Crippen molar-refractivity contribution in [1.29, 1.82) is 0 Å². The monoisotopic (exact) mass is 399 g/mol. The van der Waals surface area contributed by atoms with E-state index in [9.17, 15) is 4.79 Å². The molecular formula is C20H18ClN3O2S. The van der Waals surface area contributed by atoms with Gasteiger partial charge in [0, 0.05) is 5.75 Å². The first-order chi connectivity index (χ1) is 13.1. The summed E-state index contributed by atoms with van der Waals surface area (Å²) in [5.74, 6) is 0.853. The van der Waals surface area contributed by atoms with Gasteiger partial charge in [0.25, 0.3) is 5.91 Å². The quantitative estimate of drug-likeness (QED) is 0.467. The molecule has 1 aromatic heterocycles. The number of hydrogen-bond acceptors (Lipinski definition) is 5. The smallest absolute Gasteiger partial charge is 0.276 e. The van der Waals surface area contributed by atoms with Crippen LogP contribution in [0.2, 0.25) is 5.02 Å². The van der Waals surface area contributed by atoms with Gasteiger partial charge < -0.3 is 10.1 Å². The van der Waals surface area contributed by atoms with Gasteiger partial charge in [-0.15, -0.1) is 0 Å². The van der Waals surface area contributed by atoms with E-state index >= 15 is 0 Å². The number of ether oxygens (including phenoxy) is 1. The summed E-state index contributed by atoms with van der Waals surface area (Å²) in [6.07, 6.45) is 1.45. The fourth-order valence-electron chi connectivity index (χ4n) is 2.46. The van der Waals surface area contributed by atoms with Gasteiger partial charge >= 0.3 is 0 Å². The standard InChI is InChI=1S/C20H18ClN3O2S/c1-13-6-5-7-14(10-13)12-27-20-22-11-15(21)18(24-20)19(25)23-16-8-3-4-9-17(16)26-2/h3-11H,12H2,1-2H3,(H,23,25). The third-order valence-electron chi connectivity index (χ3n) is 3.74. The SMILES string of the molecule is COc1ccccc1NC(=O)c1nc(SCc2cccc(C)c2)ncc1Cl. The van der Waals surface area contributed by atoms with E-state index < -0.39 is 5.91 Å². The topological polar surface area (TPSA) is 64.1 Å². The Morgan fingerprint density at radius 1 is 1.22 bits per heavy atom. The van der Waals surface area contributed by atoms with Crippen molar-refractivity contribution in [3.05, 3.63) is 76.6 Å². The van der Waals surface area contributed by atoms with Crippen LogP contribution in [-0.2, 0) is 5.75 Å². The molecule has 3 aromatic rings. The molecule has 7 heteroatoms. The van der Waals surface area contributed by atoms with Gasteiger partial charge in [0.2, 0.25) is 0 Å². The molecule has 0 saturated carbocycles. The Hall–Kier alpha value is -2.57. The molecule has 0 atom stereocenters. The molecule has 0 aliphatic rings. The maximum Gasteiger partial charge on any atom is 0.276 e. The molecule has 0 saturated heterocycles. The van der Waals surface area contributed by atoms with Crippen LogP contribution in [-0.4, -0.2) is 23.0 Å². The summed E-state index contributed by atoms with van der Waals surface area (Å²) in [4.78, 5) is 21.2. The highest BCUT2D eigenvalue weighted by Gasteiger charge is 2.16. The predicted molar refractivity (Wildman–Crippen MR) is 109 cm³/mol. The molecule has 0 aliphatic heterocycles. The van der Waals surface area contributed by atoms with Gasteiger partial charge in [-0.1, -0.05) is 65.3 Å². The minimum absolute atomic E-state index is 0.129. The highest BCUT2D eigenvalue weighted by Crippen LogP contribution is 2.26. The van der Waals surface area contributed by atoms with Crippen molar-refractivity contribution in [2.45, 2.75) is 17.8 Å². The molecule has 2 aromatic carbocycles. The summed E-state index contributed by atoms with van der Waals surface area (Å²) in [5, 5.41) is 3.47. The number of aryl methyl sites for hydroxylation is 1. The zero-order valence-electron chi connectivity index (χ0n) is 14.9. The summed E-state index contributed by atoms with van der Waals surface area (Å²) in [7, 11) is 1.54. The van der Waals surface area contributed by atoms with Crippen LogP contribution in [0, 0.1) is 6.92 Å². The second-order valence-electron chi connectivity index (χ2n) is 5.78. The van der Waals surface area contributed by atoms with E-state index in [1.807, 2.05) is 37.3 Å². The number of halogens is 1. The Morgan fingerprint density at radius 2 is 2.04 bits per heavy atom. The molecule has 138 valence electrons. The fraction of sp³-hybridized carbons (Fsp3) is 0.150. The molecule has 3 rings (SSSR count). The molecule has 0 unspecified atom stereocenters. The Labute approximate surface area is 167 Å². The van der Waals surface area contributed by atoms with E-state index in [1.165, 1.54) is 29.1 Å². The highest BCUT2D eigenvalue weighted by molar-refractivity contribution is 7.98. The Morgan fingerprint density at radius 3 is 2.81 bits per heavy atom. The van der Waals surface area contributed by atoms with Gasteiger partial charge in [-0.25, -0.2) is 9.97 Å². The van der Waals surface area contributed by atoms with Gasteiger partial charge in [0.05, 0.1) is 24.0 Å². The number of rotatable bonds is 6. The van der Waals surface area contributed by atoms with Gasteiger partial charge in [0.1, 0.15) is 5.75 Å². The second-order valence-corrected chi connectivity index (χ2v) is 7.13. The van der Waals surface area contributed by atoms with Gasteiger partial charge in [-0.2, -0.15) is 0 Å². The lowest BCUT2D eigenvalue weighted by atomic mass is 10.2. The summed E-state index contributed by atoms with van der Waals surface area (Å²) >= 11 is 7.59. The van der Waals surface area contributed by atoms with Crippen molar-refractivity contribution in [3.8, 4) is 5.75 Å². The number of carbonyl (C=O) groups is 1. The first kappa shape index (κ1) is 19.2. The lowest BCUT2D eigenvalue weighted by molar-refractivity contribution is 0.102. The van der Waals surface area contributed by atoms with E-state index in [0.29, 0.717) is 22.3 Å². The van der Waals surface area contributed by atoms with Crippen molar-refractivity contribution < 1.29 is 9.53 Å². The molecule has 0 aliphatic carbocycles. The van der Waals surface area contributed by atoms with E-state index in [4.69, 9.17) is 16.3 Å². The number of anilines is 1. The van der Waals surface area contributed by atoms with Crippen molar-refractivity contribution in [2.24, 2.45) is 0 Å². The van der Waals surface area contributed by atoms with E-state index in [1.54, 1.807) is 19.2 Å². The zero-order chi connectivity index (χ0) is 19.2. The maximum absolute atomic E-state index is 12.6.